The molecular formula is C15H23ClN2S. The summed E-state index contributed by atoms with van der Waals surface area (Å²) in [6, 6.07) is 11.2. The lowest BCUT2D eigenvalue weighted by Crippen LogP contribution is -2.34. The quantitative estimate of drug-likeness (QED) is 0.666. The van der Waals surface area contributed by atoms with Crippen LogP contribution < -0.4 is 5.32 Å². The fraction of sp³-hybridized carbons (Fsp3) is 0.533. The predicted octanol–water partition coefficient (Wildman–Crippen LogP) is 4.25. The summed E-state index contributed by atoms with van der Waals surface area (Å²) in [5.74, 6) is 0.993. The third-order valence-corrected chi connectivity index (χ3v) is 4.41. The van der Waals surface area contributed by atoms with Gasteiger partial charge in [-0.2, -0.15) is 0 Å². The topological polar surface area (TPSA) is 24.4 Å². The van der Waals surface area contributed by atoms with E-state index in [-0.39, 0.29) is 12.4 Å². The fourth-order valence-corrected chi connectivity index (χ4v) is 3.19. The van der Waals surface area contributed by atoms with Gasteiger partial charge < -0.3 is 5.32 Å². The van der Waals surface area contributed by atoms with E-state index in [9.17, 15) is 0 Å². The highest BCUT2D eigenvalue weighted by Crippen LogP contribution is 2.19. The number of nitrogens with zero attached hydrogens (tertiary/aromatic N) is 1. The Morgan fingerprint density at radius 1 is 1.21 bits per heavy atom. The zero-order valence-electron chi connectivity index (χ0n) is 11.5. The summed E-state index contributed by atoms with van der Waals surface area (Å²) in [4.78, 5) is 4.37. The van der Waals surface area contributed by atoms with Crippen LogP contribution in [0.25, 0.3) is 0 Å². The number of halogens is 1. The number of hydrogen-bond donors (Lipinski definition) is 1. The van der Waals surface area contributed by atoms with E-state index in [1.165, 1.54) is 37.7 Å². The van der Waals surface area contributed by atoms with Gasteiger partial charge in [0.15, 0.2) is 5.17 Å². The summed E-state index contributed by atoms with van der Waals surface area (Å²) in [6.45, 7) is 0. The van der Waals surface area contributed by atoms with Gasteiger partial charge in [-0.1, -0.05) is 61.4 Å². The Labute approximate surface area is 126 Å². The maximum absolute atomic E-state index is 4.37. The lowest BCUT2D eigenvalue weighted by atomic mass is 9.96. The first-order valence-electron chi connectivity index (χ1n) is 6.78. The van der Waals surface area contributed by atoms with Crippen LogP contribution in [0.15, 0.2) is 35.3 Å². The van der Waals surface area contributed by atoms with E-state index < -0.39 is 0 Å². The van der Waals surface area contributed by atoms with Gasteiger partial charge in [-0.3, -0.25) is 4.99 Å². The van der Waals surface area contributed by atoms with Crippen LogP contribution in [0, 0.1) is 0 Å². The van der Waals surface area contributed by atoms with Gasteiger partial charge >= 0.3 is 0 Å². The second-order valence-electron chi connectivity index (χ2n) is 4.78. The van der Waals surface area contributed by atoms with Crippen LogP contribution in [0.1, 0.15) is 37.7 Å². The molecule has 0 atom stereocenters. The molecule has 0 unspecified atom stereocenters. The van der Waals surface area contributed by atoms with E-state index >= 15 is 0 Å². The Morgan fingerprint density at radius 2 is 1.89 bits per heavy atom. The van der Waals surface area contributed by atoms with Crippen LogP contribution in [-0.4, -0.2) is 18.3 Å². The SMILES string of the molecule is CN=C(NC1CCCCC1)SCc1ccccc1.Cl. The normalized spacial score (nSPS) is 16.8. The van der Waals surface area contributed by atoms with Crippen molar-refractivity contribution in [1.29, 1.82) is 0 Å². The Kier molecular flexibility index (Phi) is 7.99. The van der Waals surface area contributed by atoms with Gasteiger partial charge in [-0.15, -0.1) is 12.4 Å². The first-order valence-corrected chi connectivity index (χ1v) is 7.77. The molecule has 0 saturated heterocycles. The summed E-state index contributed by atoms with van der Waals surface area (Å²) in [6.07, 6.45) is 6.71. The summed E-state index contributed by atoms with van der Waals surface area (Å²) in [7, 11) is 1.88. The average Bonchev–Trinajstić information content (AvgIpc) is 2.45. The molecule has 1 aromatic carbocycles. The molecule has 0 bridgehead atoms. The highest BCUT2D eigenvalue weighted by atomic mass is 35.5. The van der Waals surface area contributed by atoms with Crippen molar-refractivity contribution in [3.05, 3.63) is 35.9 Å². The molecule has 0 radical (unpaired) electrons. The van der Waals surface area contributed by atoms with Gasteiger partial charge in [0.1, 0.15) is 0 Å². The fourth-order valence-electron chi connectivity index (χ4n) is 2.32. The Balaban J connectivity index is 0.00000180. The van der Waals surface area contributed by atoms with Gasteiger partial charge in [0.25, 0.3) is 0 Å². The highest BCUT2D eigenvalue weighted by molar-refractivity contribution is 8.13. The maximum Gasteiger partial charge on any atom is 0.156 e. The average molecular weight is 299 g/mol. The molecular weight excluding hydrogens is 276 g/mol. The molecule has 2 rings (SSSR count). The number of rotatable bonds is 3. The second-order valence-corrected chi connectivity index (χ2v) is 5.75. The van der Waals surface area contributed by atoms with Crippen LogP contribution in [0.3, 0.4) is 0 Å². The van der Waals surface area contributed by atoms with Crippen molar-refractivity contribution in [2.75, 3.05) is 7.05 Å². The monoisotopic (exact) mass is 298 g/mol. The Bertz CT molecular complexity index is 375. The first-order chi connectivity index (χ1) is 8.88. The van der Waals surface area contributed by atoms with Crippen molar-refractivity contribution in [2.45, 2.75) is 43.9 Å². The third-order valence-electron chi connectivity index (χ3n) is 3.35. The van der Waals surface area contributed by atoms with E-state index in [0.29, 0.717) is 6.04 Å². The largest absolute Gasteiger partial charge is 0.362 e. The second kappa shape index (κ2) is 9.27. The van der Waals surface area contributed by atoms with E-state index in [1.54, 1.807) is 0 Å². The minimum Gasteiger partial charge on any atom is -0.362 e. The predicted molar refractivity (Wildman–Crippen MR) is 88.4 cm³/mol. The summed E-state index contributed by atoms with van der Waals surface area (Å²) in [5.41, 5.74) is 1.36. The molecule has 19 heavy (non-hydrogen) atoms. The number of aliphatic imine (C=N–C) groups is 1. The number of benzene rings is 1. The molecule has 2 nitrogen and oxygen atoms in total. The van der Waals surface area contributed by atoms with Gasteiger partial charge in [0.05, 0.1) is 0 Å². The lowest BCUT2D eigenvalue weighted by Gasteiger charge is -2.24. The molecule has 0 aliphatic heterocycles. The smallest absolute Gasteiger partial charge is 0.156 e. The van der Waals surface area contributed by atoms with Gasteiger partial charge in [-0.05, 0) is 18.4 Å². The standard InChI is InChI=1S/C15H22N2S.ClH/c1-16-15(17-14-10-6-3-7-11-14)18-12-13-8-4-2-5-9-13;/h2,4-5,8-9,14H,3,6-7,10-12H2,1H3,(H,16,17);1H. The van der Waals surface area contributed by atoms with Gasteiger partial charge in [-0.25, -0.2) is 0 Å². The maximum atomic E-state index is 4.37. The van der Waals surface area contributed by atoms with E-state index in [4.69, 9.17) is 0 Å². The molecule has 0 aromatic heterocycles. The van der Waals surface area contributed by atoms with Crippen molar-refractivity contribution in [1.82, 2.24) is 5.32 Å². The third kappa shape index (κ3) is 5.87. The van der Waals surface area contributed by atoms with Crippen molar-refractivity contribution in [3.63, 3.8) is 0 Å². The molecule has 0 heterocycles. The molecule has 1 saturated carbocycles. The van der Waals surface area contributed by atoms with Crippen molar-refractivity contribution < 1.29 is 0 Å². The first kappa shape index (κ1) is 16.4. The molecule has 1 aromatic rings. The van der Waals surface area contributed by atoms with Crippen LogP contribution in [-0.2, 0) is 5.75 Å². The van der Waals surface area contributed by atoms with Gasteiger partial charge in [0.2, 0.25) is 0 Å². The summed E-state index contributed by atoms with van der Waals surface area (Å²) < 4.78 is 0. The molecule has 1 aliphatic carbocycles. The number of amidine groups is 1. The zero-order chi connectivity index (χ0) is 12.6. The highest BCUT2D eigenvalue weighted by Gasteiger charge is 2.14. The lowest BCUT2D eigenvalue weighted by molar-refractivity contribution is 0.415. The van der Waals surface area contributed by atoms with E-state index in [1.807, 2.05) is 18.8 Å². The Morgan fingerprint density at radius 3 is 2.53 bits per heavy atom. The molecule has 1 N–H and O–H groups in total. The molecule has 1 aliphatic rings. The number of hydrogen-bond acceptors (Lipinski definition) is 2. The number of thioether (sulfide) groups is 1. The molecule has 0 spiro atoms. The molecule has 4 heteroatoms. The van der Waals surface area contributed by atoms with E-state index in [2.05, 4.69) is 40.6 Å². The van der Waals surface area contributed by atoms with Gasteiger partial charge in [0, 0.05) is 18.8 Å². The van der Waals surface area contributed by atoms with Crippen LogP contribution in [0.5, 0.6) is 0 Å². The van der Waals surface area contributed by atoms with Crippen LogP contribution in [0.2, 0.25) is 0 Å². The minimum atomic E-state index is 0. The summed E-state index contributed by atoms with van der Waals surface area (Å²) >= 11 is 1.81. The van der Waals surface area contributed by atoms with Crippen molar-refractivity contribution in [3.8, 4) is 0 Å². The van der Waals surface area contributed by atoms with Crippen LogP contribution >= 0.6 is 24.2 Å². The molecule has 106 valence electrons. The van der Waals surface area contributed by atoms with Crippen molar-refractivity contribution >= 4 is 29.3 Å². The van der Waals surface area contributed by atoms with Crippen LogP contribution in [0.4, 0.5) is 0 Å². The Hall–Kier alpha value is -0.670. The minimum absolute atomic E-state index is 0. The molecule has 0 amide bonds. The number of nitrogens with one attached hydrogen (secondary N) is 1. The molecule has 1 fully saturated rings. The zero-order valence-corrected chi connectivity index (χ0v) is 13.1. The van der Waals surface area contributed by atoms with Crippen molar-refractivity contribution in [2.24, 2.45) is 4.99 Å². The van der Waals surface area contributed by atoms with E-state index in [0.717, 1.165) is 10.9 Å². The summed E-state index contributed by atoms with van der Waals surface area (Å²) in [5, 5.41) is 4.68.